The molecule has 0 bridgehead atoms. The number of nitrogens with zero attached hydrogens (tertiary/aromatic N) is 1. The van der Waals surface area contributed by atoms with Crippen molar-refractivity contribution in [1.29, 1.82) is 0 Å². The number of hydrogen-bond donors (Lipinski definition) is 12. The van der Waals surface area contributed by atoms with E-state index in [1.807, 2.05) is 0 Å². The minimum atomic E-state index is -1.86. The Bertz CT molecular complexity index is 2720. The predicted octanol–water partition coefficient (Wildman–Crippen LogP) is -3.99. The van der Waals surface area contributed by atoms with Gasteiger partial charge >= 0.3 is 23.9 Å². The first-order valence-electron chi connectivity index (χ1n) is 27.9. The number of aromatic nitrogens is 1. The first kappa shape index (κ1) is 64.9. The minimum absolute atomic E-state index is 0.0122. The monoisotopic (exact) mass is 1220 g/mol. The van der Waals surface area contributed by atoms with Crippen LogP contribution >= 0.6 is 0 Å². The number of pyridine rings is 1. The molecular weight excluding hydrogens is 1150 g/mol. The molecule has 2 saturated carbocycles. The molecule has 0 aromatic carbocycles. The van der Waals surface area contributed by atoms with Gasteiger partial charge in [0.2, 0.25) is 18.9 Å². The van der Waals surface area contributed by atoms with Crippen LogP contribution in [0, 0.1) is 47.3 Å². The van der Waals surface area contributed by atoms with Crippen molar-refractivity contribution >= 4 is 30.0 Å². The molecule has 476 valence electrons. The number of methoxy groups -OCH3 is 2. The maximum atomic E-state index is 14.7. The number of fused-ring (bicyclic) bond motifs is 2. The fourth-order valence-corrected chi connectivity index (χ4v) is 12.5. The van der Waals surface area contributed by atoms with Gasteiger partial charge in [0.15, 0.2) is 18.9 Å². The number of aliphatic hydroxyl groups excluding tert-OH is 12. The van der Waals surface area contributed by atoms with Gasteiger partial charge < -0.3 is 123 Å². The van der Waals surface area contributed by atoms with Gasteiger partial charge in [-0.2, -0.15) is 0 Å². The number of esters is 4. The molecule has 1 aromatic heterocycles. The molecule has 0 radical (unpaired) electrons. The lowest BCUT2D eigenvalue weighted by molar-refractivity contribution is -0.342. The molecule has 30 heteroatoms. The highest BCUT2D eigenvalue weighted by Gasteiger charge is 2.58. The lowest BCUT2D eigenvalue weighted by Gasteiger charge is -2.43. The Balaban J connectivity index is 0.954. The number of hydrogen-bond acceptors (Lipinski definition) is 30. The molecule has 9 rings (SSSR count). The van der Waals surface area contributed by atoms with Gasteiger partial charge in [-0.15, -0.1) is 6.58 Å². The van der Waals surface area contributed by atoms with E-state index in [9.17, 15) is 80.5 Å². The second kappa shape index (κ2) is 27.4. The Morgan fingerprint density at radius 1 is 0.547 bits per heavy atom. The Labute approximate surface area is 490 Å². The van der Waals surface area contributed by atoms with Crippen molar-refractivity contribution in [1.82, 2.24) is 4.98 Å². The van der Waals surface area contributed by atoms with Crippen LogP contribution in [0.5, 0.6) is 0 Å². The van der Waals surface area contributed by atoms with Crippen molar-refractivity contribution in [3.8, 4) is 0 Å². The van der Waals surface area contributed by atoms with E-state index in [4.69, 9.17) is 61.6 Å². The van der Waals surface area contributed by atoms with Gasteiger partial charge in [-0.05, 0) is 24.5 Å². The Kier molecular flexibility index (Phi) is 20.7. The van der Waals surface area contributed by atoms with E-state index in [0.29, 0.717) is 0 Å². The molecule has 0 amide bonds. The maximum Gasteiger partial charge on any atom is 0.340 e. The quantitative estimate of drug-likeness (QED) is 0.0379. The van der Waals surface area contributed by atoms with Crippen LogP contribution in [0.15, 0.2) is 72.7 Å². The fourth-order valence-electron chi connectivity index (χ4n) is 12.5. The summed E-state index contributed by atoms with van der Waals surface area (Å²) in [5.41, 5.74) is 0.233. The molecule has 86 heavy (non-hydrogen) atoms. The van der Waals surface area contributed by atoms with Crippen LogP contribution in [0.3, 0.4) is 0 Å². The Morgan fingerprint density at radius 3 is 1.37 bits per heavy atom. The third-order valence-corrected chi connectivity index (χ3v) is 17.5. The van der Waals surface area contributed by atoms with Crippen molar-refractivity contribution in [2.75, 3.05) is 34.0 Å². The van der Waals surface area contributed by atoms with Gasteiger partial charge in [0.1, 0.15) is 85.5 Å². The molecule has 6 aliphatic heterocycles. The van der Waals surface area contributed by atoms with E-state index >= 15 is 0 Å². The van der Waals surface area contributed by atoms with Crippen LogP contribution in [0.4, 0.5) is 0 Å². The zero-order valence-electron chi connectivity index (χ0n) is 46.9. The number of carbonyl (C=O) groups excluding carboxylic acids is 4. The van der Waals surface area contributed by atoms with Crippen molar-refractivity contribution in [2.24, 2.45) is 47.3 Å². The van der Waals surface area contributed by atoms with Crippen LogP contribution in [-0.4, -0.2) is 247 Å². The molecule has 28 atom stereocenters. The molecule has 5 fully saturated rings. The zero-order valence-corrected chi connectivity index (χ0v) is 46.9. The Hall–Kier alpha value is -5.59. The van der Waals surface area contributed by atoms with Crippen LogP contribution in [0.1, 0.15) is 42.6 Å². The van der Waals surface area contributed by atoms with Crippen molar-refractivity contribution < 1.29 is 142 Å². The standard InChI is InChI=1S/C56H73NO29/c1-6-24-25(8-7-22-9-23(13-57-12-22)47(70)79-31-10-26-29(48(71)74-4)18-77-52(36(26)20(31)2)85-55-45(68)42(65)39(62)34(15-59)82-55)28(17-76-51(24)84-54-44(67)41(64)38(61)33(14-58)81-54)50(73)80-32-11-27-30(49(72)75-5)19-78-53(37(27)21(32)3)86-56-46(69)43(66)40(63)35(16-60)83-56/h6-9,12-13,17-21,24-27,31-46,51-56,58-69H,1,10-11,14-16H2,2-5H3/b8-7+/t20-,21-,24?,25?,26+,27+,31-,32-,33+,34+,35-,36+,37+,38+,39+,40-,41-,42-,43+,44+,45+,46-,51-,52-,53-,54-,55-,56+/m0/s1. The normalized spacial score (nSPS) is 42.9. The summed E-state index contributed by atoms with van der Waals surface area (Å²) < 4.78 is 74.8. The summed E-state index contributed by atoms with van der Waals surface area (Å²) >= 11 is 0. The maximum absolute atomic E-state index is 14.7. The SMILES string of the molecule is C=CC1C(/C=C/c2cncc(C(=O)O[C@H]3C[C@@H]4C(C(=O)OC)=CO[C@@H](O[C@@H]5O[C@H](CO)[C@@H](O)[C@H](O)[C@H]5O)[C@@H]4[C@H]3C)c2)C(C(=O)O[C@H]2C[C@@H]3C(C(=O)OC)=CO[C@@H](O[C@H]4O[C@@H](CO)[C@H](O)[C@@H](O)[C@@H]4O)[C@@H]3[C@H]2C)=CO[C@H]1O[C@@H]1O[C@H](CO)[C@@H](O)[C@H](O)[C@H]1O. The molecular formula is C56H73NO29. The second-order valence-corrected chi connectivity index (χ2v) is 22.4. The molecule has 2 aliphatic carbocycles. The predicted molar refractivity (Wildman–Crippen MR) is 279 cm³/mol. The zero-order chi connectivity index (χ0) is 62.2. The third kappa shape index (κ3) is 12.7. The average molecular weight is 1220 g/mol. The van der Waals surface area contributed by atoms with E-state index in [1.165, 1.54) is 43.8 Å². The smallest absolute Gasteiger partial charge is 0.340 e. The van der Waals surface area contributed by atoms with E-state index in [1.54, 1.807) is 13.8 Å². The topological polar surface area (TPSA) is 444 Å². The fraction of sp³-hybridized carbons (Fsp3) is 0.661. The van der Waals surface area contributed by atoms with Crippen LogP contribution in [0.25, 0.3) is 6.08 Å². The van der Waals surface area contributed by atoms with E-state index in [2.05, 4.69) is 11.6 Å². The van der Waals surface area contributed by atoms with Gasteiger partial charge in [0.25, 0.3) is 0 Å². The van der Waals surface area contributed by atoms with Crippen LogP contribution in [0.2, 0.25) is 0 Å². The van der Waals surface area contributed by atoms with Gasteiger partial charge in [-0.1, -0.05) is 32.1 Å². The van der Waals surface area contributed by atoms with Crippen molar-refractivity contribution in [3.63, 3.8) is 0 Å². The number of allylic oxidation sites excluding steroid dienone is 1. The van der Waals surface area contributed by atoms with Gasteiger partial charge in [0.05, 0.1) is 81.0 Å². The molecule has 1 aromatic rings. The molecule has 7 heterocycles. The molecule has 2 unspecified atom stereocenters. The van der Waals surface area contributed by atoms with Crippen molar-refractivity contribution in [2.45, 2.75) is 150 Å². The van der Waals surface area contributed by atoms with E-state index < -0.39 is 214 Å². The molecule has 0 spiro atoms. The summed E-state index contributed by atoms with van der Waals surface area (Å²) in [6.07, 6.45) is -20.6. The largest absolute Gasteiger partial charge is 0.472 e. The lowest BCUT2D eigenvalue weighted by Crippen LogP contribution is -2.60. The van der Waals surface area contributed by atoms with Crippen LogP contribution in [-0.2, 0) is 76.0 Å². The highest BCUT2D eigenvalue weighted by molar-refractivity contribution is 5.92. The average Bonchev–Trinajstić information content (AvgIpc) is 1.92. The summed E-state index contributed by atoms with van der Waals surface area (Å²) in [5, 5.41) is 125. The molecule has 3 saturated heterocycles. The third-order valence-electron chi connectivity index (χ3n) is 17.5. The number of carbonyl (C=O) groups is 4. The molecule has 30 nitrogen and oxygen atoms in total. The summed E-state index contributed by atoms with van der Waals surface area (Å²) in [5.74, 6) is -9.90. The van der Waals surface area contributed by atoms with Gasteiger partial charge in [-0.3, -0.25) is 4.98 Å². The van der Waals surface area contributed by atoms with Crippen LogP contribution < -0.4 is 0 Å². The summed E-state index contributed by atoms with van der Waals surface area (Å²) in [4.78, 5) is 59.3. The van der Waals surface area contributed by atoms with Gasteiger partial charge in [-0.25, -0.2) is 19.2 Å². The number of ether oxygens (including phenoxy) is 13. The second-order valence-electron chi connectivity index (χ2n) is 22.4. The minimum Gasteiger partial charge on any atom is -0.472 e. The molecule has 8 aliphatic rings. The van der Waals surface area contributed by atoms with Crippen molar-refractivity contribution in [3.05, 3.63) is 83.8 Å². The highest BCUT2D eigenvalue weighted by atomic mass is 16.8. The summed E-state index contributed by atoms with van der Waals surface area (Å²) in [6, 6.07) is 1.43. The summed E-state index contributed by atoms with van der Waals surface area (Å²) in [6.45, 7) is 5.10. The van der Waals surface area contributed by atoms with E-state index in [-0.39, 0.29) is 40.7 Å². The molecule has 12 N–H and O–H groups in total. The summed E-state index contributed by atoms with van der Waals surface area (Å²) in [7, 11) is 2.33. The first-order valence-corrected chi connectivity index (χ1v) is 27.9. The highest BCUT2D eigenvalue weighted by Crippen LogP contribution is 2.51. The van der Waals surface area contributed by atoms with E-state index in [0.717, 1.165) is 25.9 Å². The number of rotatable bonds is 18. The number of aliphatic hydroxyl groups is 12. The Morgan fingerprint density at radius 2 is 0.953 bits per heavy atom. The van der Waals surface area contributed by atoms with Gasteiger partial charge in [0, 0.05) is 53.8 Å². The first-order chi connectivity index (χ1) is 41.1. The lowest BCUT2D eigenvalue weighted by atomic mass is 9.83.